The Hall–Kier alpha value is -2.82. The first kappa shape index (κ1) is 14.6. The van der Waals surface area contributed by atoms with Crippen LogP contribution in [-0.4, -0.2) is 18.5 Å². The molecule has 0 spiro atoms. The van der Waals surface area contributed by atoms with Crippen molar-refractivity contribution in [1.29, 1.82) is 5.41 Å². The highest BCUT2D eigenvalue weighted by molar-refractivity contribution is 5.96. The van der Waals surface area contributed by atoms with Crippen LogP contribution < -0.4 is 16.0 Å². The highest BCUT2D eigenvalue weighted by atomic mass is 16.1. The molecule has 0 aliphatic heterocycles. The quantitative estimate of drug-likeness (QED) is 0.456. The molecule has 0 aliphatic carbocycles. The van der Waals surface area contributed by atoms with Gasteiger partial charge in [-0.2, -0.15) is 0 Å². The molecule has 0 saturated heterocycles. The van der Waals surface area contributed by atoms with Gasteiger partial charge in [0.25, 0.3) is 5.91 Å². The number of anilines is 1. The fourth-order valence-electron chi connectivity index (χ4n) is 1.88. The molecule has 0 aromatic heterocycles. The molecule has 21 heavy (non-hydrogen) atoms. The van der Waals surface area contributed by atoms with Crippen molar-refractivity contribution < 1.29 is 4.79 Å². The number of nitrogens with two attached hydrogens (primary N) is 1. The van der Waals surface area contributed by atoms with E-state index in [4.69, 9.17) is 11.1 Å². The minimum absolute atomic E-state index is 0.118. The lowest BCUT2D eigenvalue weighted by Crippen LogP contribution is -2.44. The monoisotopic (exact) mass is 282 g/mol. The van der Waals surface area contributed by atoms with E-state index < -0.39 is 0 Å². The number of carbonyl (C=O) groups is 1. The second-order valence-electron chi connectivity index (χ2n) is 4.68. The van der Waals surface area contributed by atoms with Crippen LogP contribution in [0.4, 0.5) is 5.69 Å². The van der Waals surface area contributed by atoms with Gasteiger partial charge in [0, 0.05) is 11.3 Å². The summed E-state index contributed by atoms with van der Waals surface area (Å²) >= 11 is 0. The molecule has 0 atom stereocenters. The maximum atomic E-state index is 12.0. The zero-order valence-corrected chi connectivity index (χ0v) is 11.8. The molecular formula is C16H18N4O. The number of amides is 1. The average Bonchev–Trinajstić information content (AvgIpc) is 2.49. The maximum absolute atomic E-state index is 12.0. The Kier molecular flexibility index (Phi) is 4.56. The molecule has 1 amide bonds. The summed E-state index contributed by atoms with van der Waals surface area (Å²) < 4.78 is 0. The molecule has 0 saturated carbocycles. The van der Waals surface area contributed by atoms with Gasteiger partial charge in [-0.3, -0.25) is 15.1 Å². The molecular weight excluding hydrogens is 264 g/mol. The molecule has 5 nitrogen and oxygen atoms in total. The molecule has 2 rings (SSSR count). The number of hydrogen-bond donors (Lipinski definition) is 3. The first-order valence-corrected chi connectivity index (χ1v) is 6.59. The number of guanidine groups is 1. The van der Waals surface area contributed by atoms with Crippen molar-refractivity contribution in [1.82, 2.24) is 5.32 Å². The third-order valence-corrected chi connectivity index (χ3v) is 3.07. The standard InChI is InChI=1S/C16H18N4O/c1-12-7-9-14(10-8-12)20(16(17)18)11-19-15(21)13-5-3-2-4-6-13/h2-10H,11H2,1H3,(H3,17,18)(H,19,21). The summed E-state index contributed by atoms with van der Waals surface area (Å²) in [4.78, 5) is 13.5. The topological polar surface area (TPSA) is 82.2 Å². The third-order valence-electron chi connectivity index (χ3n) is 3.07. The molecule has 0 aliphatic rings. The summed E-state index contributed by atoms with van der Waals surface area (Å²) in [6, 6.07) is 16.5. The third kappa shape index (κ3) is 3.82. The van der Waals surface area contributed by atoms with E-state index >= 15 is 0 Å². The van der Waals surface area contributed by atoms with E-state index in [9.17, 15) is 4.79 Å². The fraction of sp³-hybridized carbons (Fsp3) is 0.125. The van der Waals surface area contributed by atoms with Crippen molar-refractivity contribution in [2.75, 3.05) is 11.6 Å². The Morgan fingerprint density at radius 1 is 1.14 bits per heavy atom. The average molecular weight is 282 g/mol. The Bertz CT molecular complexity index is 622. The summed E-state index contributed by atoms with van der Waals surface area (Å²) in [6.45, 7) is 2.13. The molecule has 2 aromatic carbocycles. The number of benzene rings is 2. The van der Waals surface area contributed by atoms with Crippen LogP contribution >= 0.6 is 0 Å². The Balaban J connectivity index is 2.06. The van der Waals surface area contributed by atoms with Crippen LogP contribution in [0.3, 0.4) is 0 Å². The highest BCUT2D eigenvalue weighted by Crippen LogP contribution is 2.13. The van der Waals surface area contributed by atoms with Gasteiger partial charge in [0.2, 0.25) is 0 Å². The largest absolute Gasteiger partial charge is 0.370 e. The maximum Gasteiger partial charge on any atom is 0.252 e. The van der Waals surface area contributed by atoms with Crippen LogP contribution in [0.2, 0.25) is 0 Å². The smallest absolute Gasteiger partial charge is 0.252 e. The SMILES string of the molecule is Cc1ccc(N(CNC(=O)c2ccccc2)C(=N)N)cc1. The second kappa shape index (κ2) is 6.56. The van der Waals surface area contributed by atoms with Crippen LogP contribution in [0.5, 0.6) is 0 Å². The van der Waals surface area contributed by atoms with E-state index in [-0.39, 0.29) is 18.5 Å². The Morgan fingerprint density at radius 3 is 2.33 bits per heavy atom. The predicted octanol–water partition coefficient (Wildman–Crippen LogP) is 2.08. The number of nitrogens with zero attached hydrogens (tertiary/aromatic N) is 1. The van der Waals surface area contributed by atoms with Crippen molar-refractivity contribution in [3.63, 3.8) is 0 Å². The molecule has 0 heterocycles. The van der Waals surface area contributed by atoms with Crippen LogP contribution in [0.25, 0.3) is 0 Å². The summed E-state index contributed by atoms with van der Waals surface area (Å²) in [7, 11) is 0. The molecule has 5 heteroatoms. The zero-order valence-electron chi connectivity index (χ0n) is 11.8. The van der Waals surface area contributed by atoms with E-state index in [2.05, 4.69) is 5.32 Å². The Labute approximate surface area is 123 Å². The van der Waals surface area contributed by atoms with Gasteiger partial charge in [0.15, 0.2) is 5.96 Å². The first-order chi connectivity index (χ1) is 10.1. The molecule has 108 valence electrons. The van der Waals surface area contributed by atoms with Crippen molar-refractivity contribution in [2.45, 2.75) is 6.92 Å². The van der Waals surface area contributed by atoms with Crippen molar-refractivity contribution >= 4 is 17.6 Å². The Morgan fingerprint density at radius 2 is 1.76 bits per heavy atom. The summed E-state index contributed by atoms with van der Waals surface area (Å²) in [6.07, 6.45) is 0. The number of rotatable bonds is 4. The van der Waals surface area contributed by atoms with Gasteiger partial charge in [0.05, 0.1) is 6.67 Å². The van der Waals surface area contributed by atoms with Gasteiger partial charge in [-0.15, -0.1) is 0 Å². The minimum atomic E-state index is -0.200. The van der Waals surface area contributed by atoms with E-state index in [0.717, 1.165) is 11.3 Å². The first-order valence-electron chi connectivity index (χ1n) is 6.59. The van der Waals surface area contributed by atoms with Gasteiger partial charge in [-0.05, 0) is 31.2 Å². The summed E-state index contributed by atoms with van der Waals surface area (Å²) in [5.74, 6) is -0.318. The number of aryl methyl sites for hydroxylation is 1. The van der Waals surface area contributed by atoms with Crippen LogP contribution in [0, 0.1) is 12.3 Å². The molecule has 0 radical (unpaired) electrons. The van der Waals surface area contributed by atoms with Gasteiger partial charge in [-0.1, -0.05) is 35.9 Å². The van der Waals surface area contributed by atoms with Gasteiger partial charge in [0.1, 0.15) is 0 Å². The molecule has 0 unspecified atom stereocenters. The van der Waals surface area contributed by atoms with Crippen molar-refractivity contribution in [3.8, 4) is 0 Å². The predicted molar refractivity (Wildman–Crippen MR) is 84.3 cm³/mol. The van der Waals surface area contributed by atoms with E-state index in [1.54, 1.807) is 24.3 Å². The number of hydrogen-bond acceptors (Lipinski definition) is 2. The van der Waals surface area contributed by atoms with Crippen LogP contribution in [-0.2, 0) is 0 Å². The molecule has 0 bridgehead atoms. The lowest BCUT2D eigenvalue weighted by Gasteiger charge is -2.23. The minimum Gasteiger partial charge on any atom is -0.370 e. The number of nitrogens with one attached hydrogen (secondary N) is 2. The van der Waals surface area contributed by atoms with Crippen LogP contribution in [0.1, 0.15) is 15.9 Å². The summed E-state index contributed by atoms with van der Waals surface area (Å²) in [5, 5.41) is 10.4. The highest BCUT2D eigenvalue weighted by Gasteiger charge is 2.11. The van der Waals surface area contributed by atoms with E-state index in [1.807, 2.05) is 37.3 Å². The molecule has 0 fully saturated rings. The lowest BCUT2D eigenvalue weighted by atomic mass is 10.2. The van der Waals surface area contributed by atoms with Gasteiger partial charge >= 0.3 is 0 Å². The molecule has 2 aromatic rings. The normalized spacial score (nSPS) is 9.95. The van der Waals surface area contributed by atoms with E-state index in [1.165, 1.54) is 4.90 Å². The van der Waals surface area contributed by atoms with E-state index in [0.29, 0.717) is 5.56 Å². The van der Waals surface area contributed by atoms with Gasteiger partial charge < -0.3 is 11.1 Å². The van der Waals surface area contributed by atoms with Crippen molar-refractivity contribution in [2.24, 2.45) is 5.73 Å². The summed E-state index contributed by atoms with van der Waals surface area (Å²) in [5.41, 5.74) is 8.05. The zero-order chi connectivity index (χ0) is 15.2. The molecule has 4 N–H and O–H groups in total. The van der Waals surface area contributed by atoms with Crippen molar-refractivity contribution in [3.05, 3.63) is 65.7 Å². The van der Waals surface area contributed by atoms with Crippen LogP contribution in [0.15, 0.2) is 54.6 Å². The number of carbonyl (C=O) groups excluding carboxylic acids is 1. The second-order valence-corrected chi connectivity index (χ2v) is 4.68. The fourth-order valence-corrected chi connectivity index (χ4v) is 1.88. The lowest BCUT2D eigenvalue weighted by molar-refractivity contribution is 0.0955. The van der Waals surface area contributed by atoms with Gasteiger partial charge in [-0.25, -0.2) is 0 Å².